The van der Waals surface area contributed by atoms with Crippen LogP contribution in [0.3, 0.4) is 0 Å². The molecule has 112 valence electrons. The number of amides is 1. The van der Waals surface area contributed by atoms with Gasteiger partial charge in [-0.15, -0.1) is 0 Å². The first kappa shape index (κ1) is 15.6. The quantitative estimate of drug-likeness (QED) is 0.849. The van der Waals surface area contributed by atoms with E-state index in [0.717, 1.165) is 32.4 Å². The van der Waals surface area contributed by atoms with Crippen molar-refractivity contribution in [3.63, 3.8) is 0 Å². The van der Waals surface area contributed by atoms with Crippen LogP contribution in [0.4, 0.5) is 0 Å². The van der Waals surface area contributed by atoms with Gasteiger partial charge in [0.1, 0.15) is 0 Å². The van der Waals surface area contributed by atoms with E-state index < -0.39 is 0 Å². The topological polar surface area (TPSA) is 44.1 Å². The zero-order valence-corrected chi connectivity index (χ0v) is 13.0. The van der Waals surface area contributed by atoms with Gasteiger partial charge in [-0.1, -0.05) is 44.2 Å². The molecular formula is C18H24N2O. The van der Waals surface area contributed by atoms with E-state index in [-0.39, 0.29) is 17.2 Å². The molecule has 0 unspecified atom stereocenters. The molecular weight excluding hydrogens is 260 g/mol. The molecule has 3 nitrogen and oxygen atoms in total. The summed E-state index contributed by atoms with van der Waals surface area (Å²) < 4.78 is 0. The highest BCUT2D eigenvalue weighted by atomic mass is 16.2. The summed E-state index contributed by atoms with van der Waals surface area (Å²) in [5.41, 5.74) is 1.29. The summed E-state index contributed by atoms with van der Waals surface area (Å²) in [7, 11) is 0. The van der Waals surface area contributed by atoms with Crippen molar-refractivity contribution < 1.29 is 4.79 Å². The summed E-state index contributed by atoms with van der Waals surface area (Å²) in [5.74, 6) is 0.366. The van der Waals surface area contributed by atoms with Crippen LogP contribution in [0.15, 0.2) is 30.3 Å². The average Bonchev–Trinajstić information content (AvgIpc) is 2.53. The molecule has 0 aromatic heterocycles. The van der Waals surface area contributed by atoms with Crippen molar-refractivity contribution in [3.05, 3.63) is 35.9 Å². The Labute approximate surface area is 127 Å². The van der Waals surface area contributed by atoms with Crippen LogP contribution in [-0.4, -0.2) is 23.9 Å². The Bertz CT molecular complexity index is 508. The second kappa shape index (κ2) is 6.76. The molecule has 0 spiro atoms. The van der Waals surface area contributed by atoms with E-state index >= 15 is 0 Å². The molecule has 1 amide bonds. The monoisotopic (exact) mass is 284 g/mol. The minimum Gasteiger partial charge on any atom is -0.343 e. The van der Waals surface area contributed by atoms with Crippen LogP contribution in [0, 0.1) is 17.2 Å². The minimum atomic E-state index is 0.0158. The first-order chi connectivity index (χ1) is 10.0. The van der Waals surface area contributed by atoms with Crippen LogP contribution < -0.4 is 0 Å². The maximum Gasteiger partial charge on any atom is 0.222 e. The average molecular weight is 284 g/mol. The molecule has 2 rings (SSSR count). The molecule has 3 heteroatoms. The van der Waals surface area contributed by atoms with E-state index in [0.29, 0.717) is 6.42 Å². The molecule has 1 aliphatic heterocycles. The number of nitriles is 1. The van der Waals surface area contributed by atoms with E-state index in [4.69, 9.17) is 5.26 Å². The summed E-state index contributed by atoms with van der Waals surface area (Å²) in [6.45, 7) is 5.86. The van der Waals surface area contributed by atoms with E-state index in [1.54, 1.807) is 0 Å². The van der Waals surface area contributed by atoms with Crippen molar-refractivity contribution in [2.24, 2.45) is 5.92 Å². The fourth-order valence-electron chi connectivity index (χ4n) is 2.87. The highest BCUT2D eigenvalue weighted by Crippen LogP contribution is 2.28. The Hall–Kier alpha value is -1.82. The fourth-order valence-corrected chi connectivity index (χ4v) is 2.87. The Morgan fingerprint density at radius 1 is 1.29 bits per heavy atom. The maximum atomic E-state index is 12.3. The van der Waals surface area contributed by atoms with Gasteiger partial charge in [-0.25, -0.2) is 0 Å². The number of hydrogen-bond acceptors (Lipinski definition) is 2. The molecule has 1 fully saturated rings. The highest BCUT2D eigenvalue weighted by Gasteiger charge is 2.25. The third-order valence-electron chi connectivity index (χ3n) is 4.55. The first-order valence-corrected chi connectivity index (χ1v) is 7.76. The zero-order valence-electron chi connectivity index (χ0n) is 13.0. The van der Waals surface area contributed by atoms with Crippen molar-refractivity contribution in [2.75, 3.05) is 13.1 Å². The van der Waals surface area contributed by atoms with Gasteiger partial charge in [0, 0.05) is 25.4 Å². The van der Waals surface area contributed by atoms with Crippen LogP contribution in [0.5, 0.6) is 0 Å². The molecule has 1 aromatic carbocycles. The van der Waals surface area contributed by atoms with Crippen molar-refractivity contribution in [1.82, 2.24) is 4.90 Å². The molecule has 0 radical (unpaired) electrons. The Morgan fingerprint density at radius 3 is 2.48 bits per heavy atom. The SMILES string of the molecule is CC(C)(CCC(=O)N1CCC(C#N)CC1)c1ccccc1. The van der Waals surface area contributed by atoms with Crippen molar-refractivity contribution in [3.8, 4) is 6.07 Å². The number of piperidine rings is 1. The number of nitrogens with zero attached hydrogens (tertiary/aromatic N) is 2. The molecule has 1 aliphatic rings. The van der Waals surface area contributed by atoms with Crippen LogP contribution in [-0.2, 0) is 10.2 Å². The zero-order chi connectivity index (χ0) is 15.3. The summed E-state index contributed by atoms with van der Waals surface area (Å²) in [6.07, 6.45) is 3.09. The Balaban J connectivity index is 1.85. The van der Waals surface area contributed by atoms with Crippen LogP contribution in [0.1, 0.15) is 45.1 Å². The van der Waals surface area contributed by atoms with Crippen molar-refractivity contribution in [1.29, 1.82) is 5.26 Å². The first-order valence-electron chi connectivity index (χ1n) is 7.76. The lowest BCUT2D eigenvalue weighted by atomic mass is 9.80. The van der Waals surface area contributed by atoms with Crippen molar-refractivity contribution in [2.45, 2.75) is 44.9 Å². The highest BCUT2D eigenvalue weighted by molar-refractivity contribution is 5.76. The normalized spacial score (nSPS) is 16.5. The van der Waals surface area contributed by atoms with Crippen LogP contribution in [0.25, 0.3) is 0 Å². The smallest absolute Gasteiger partial charge is 0.222 e. The van der Waals surface area contributed by atoms with Gasteiger partial charge in [-0.2, -0.15) is 5.26 Å². The van der Waals surface area contributed by atoms with Gasteiger partial charge in [0.15, 0.2) is 0 Å². The number of rotatable bonds is 4. The molecule has 1 saturated heterocycles. The number of carbonyl (C=O) groups excluding carboxylic acids is 1. The summed E-state index contributed by atoms with van der Waals surface area (Å²) in [5, 5.41) is 8.90. The third kappa shape index (κ3) is 4.07. The van der Waals surface area contributed by atoms with Gasteiger partial charge in [-0.05, 0) is 30.2 Å². The summed E-state index contributed by atoms with van der Waals surface area (Å²) in [6, 6.07) is 12.7. The number of likely N-dealkylation sites (tertiary alicyclic amines) is 1. The van der Waals surface area contributed by atoms with Gasteiger partial charge < -0.3 is 4.90 Å². The molecule has 0 aliphatic carbocycles. The molecule has 0 bridgehead atoms. The summed E-state index contributed by atoms with van der Waals surface area (Å²) in [4.78, 5) is 14.2. The predicted molar refractivity (Wildman–Crippen MR) is 83.6 cm³/mol. The maximum absolute atomic E-state index is 12.3. The standard InChI is InChI=1S/C18H24N2O/c1-18(2,16-6-4-3-5-7-16)11-8-17(21)20-12-9-15(14-19)10-13-20/h3-7,15H,8-13H2,1-2H3. The predicted octanol–water partition coefficient (Wildman–Crippen LogP) is 3.51. The molecule has 0 atom stereocenters. The van der Waals surface area contributed by atoms with Gasteiger partial charge in [0.25, 0.3) is 0 Å². The van der Waals surface area contributed by atoms with Crippen LogP contribution in [0.2, 0.25) is 0 Å². The second-order valence-corrected chi connectivity index (χ2v) is 6.53. The fraction of sp³-hybridized carbons (Fsp3) is 0.556. The number of carbonyl (C=O) groups is 1. The molecule has 0 saturated carbocycles. The lowest BCUT2D eigenvalue weighted by Gasteiger charge is -2.31. The summed E-state index contributed by atoms with van der Waals surface area (Å²) >= 11 is 0. The molecule has 1 aromatic rings. The second-order valence-electron chi connectivity index (χ2n) is 6.53. The van der Waals surface area contributed by atoms with Gasteiger partial charge >= 0.3 is 0 Å². The molecule has 1 heterocycles. The number of hydrogen-bond donors (Lipinski definition) is 0. The largest absolute Gasteiger partial charge is 0.343 e. The molecule has 21 heavy (non-hydrogen) atoms. The van der Waals surface area contributed by atoms with Crippen LogP contribution >= 0.6 is 0 Å². The lowest BCUT2D eigenvalue weighted by molar-refractivity contribution is -0.132. The van der Waals surface area contributed by atoms with E-state index in [9.17, 15) is 4.79 Å². The van der Waals surface area contributed by atoms with Crippen molar-refractivity contribution >= 4 is 5.91 Å². The minimum absolute atomic E-state index is 0.0158. The van der Waals surface area contributed by atoms with E-state index in [1.165, 1.54) is 5.56 Å². The van der Waals surface area contributed by atoms with Gasteiger partial charge in [0.2, 0.25) is 5.91 Å². The Kier molecular flexibility index (Phi) is 5.01. The Morgan fingerprint density at radius 2 is 1.90 bits per heavy atom. The van der Waals surface area contributed by atoms with E-state index in [2.05, 4.69) is 32.0 Å². The third-order valence-corrected chi connectivity index (χ3v) is 4.55. The van der Waals surface area contributed by atoms with Gasteiger partial charge in [0.05, 0.1) is 6.07 Å². The number of benzene rings is 1. The lowest BCUT2D eigenvalue weighted by Crippen LogP contribution is -2.38. The van der Waals surface area contributed by atoms with Gasteiger partial charge in [-0.3, -0.25) is 4.79 Å². The van der Waals surface area contributed by atoms with E-state index in [1.807, 2.05) is 23.1 Å². The molecule has 0 N–H and O–H groups in total.